The molecule has 1 aromatic carbocycles. The van der Waals surface area contributed by atoms with Crippen LogP contribution in [0.25, 0.3) is 0 Å². The van der Waals surface area contributed by atoms with Gasteiger partial charge in [-0.2, -0.15) is 0 Å². The quantitative estimate of drug-likeness (QED) is 0.691. The van der Waals surface area contributed by atoms with Crippen LogP contribution in [-0.2, 0) is 11.2 Å². The van der Waals surface area contributed by atoms with Gasteiger partial charge in [-0.1, -0.05) is 12.1 Å². The molecule has 0 saturated carbocycles. The van der Waals surface area contributed by atoms with Crippen molar-refractivity contribution in [2.24, 2.45) is 0 Å². The summed E-state index contributed by atoms with van der Waals surface area (Å²) >= 11 is 0. The zero-order valence-corrected chi connectivity index (χ0v) is 14.5. The van der Waals surface area contributed by atoms with Gasteiger partial charge in [-0.15, -0.1) is 17.5 Å². The normalized spacial score (nSPS) is 11.6. The number of hydrogen-bond acceptors (Lipinski definition) is 5. The molecular weight excluding hydrogens is 335 g/mol. The largest absolute Gasteiger partial charge is 0.354 e. The van der Waals surface area contributed by atoms with Crippen LogP contribution in [0.4, 0.5) is 4.39 Å². The van der Waals surface area contributed by atoms with E-state index in [0.29, 0.717) is 18.8 Å². The van der Waals surface area contributed by atoms with Crippen molar-refractivity contribution in [3.8, 4) is 0 Å². The lowest BCUT2D eigenvalue weighted by Crippen LogP contribution is -2.36. The van der Waals surface area contributed by atoms with Gasteiger partial charge in [0.2, 0.25) is 5.91 Å². The Morgan fingerprint density at radius 2 is 2.00 bits per heavy atom. The van der Waals surface area contributed by atoms with Gasteiger partial charge in [0, 0.05) is 13.0 Å². The number of halogens is 2. The Hall–Kier alpha value is -2.06. The van der Waals surface area contributed by atoms with Crippen LogP contribution in [0, 0.1) is 12.7 Å². The molecule has 0 radical (unpaired) electrons. The first-order chi connectivity index (χ1) is 11.1. The third kappa shape index (κ3) is 5.54. The third-order valence-corrected chi connectivity index (χ3v) is 3.50. The smallest absolute Gasteiger partial charge is 0.245 e. The summed E-state index contributed by atoms with van der Waals surface area (Å²) in [6, 6.07) is 5.52. The van der Waals surface area contributed by atoms with E-state index in [-0.39, 0.29) is 24.1 Å². The summed E-state index contributed by atoms with van der Waals surface area (Å²) in [5.41, 5.74) is 0.844. The fourth-order valence-electron chi connectivity index (χ4n) is 2.25. The Bertz CT molecular complexity index is 633. The van der Waals surface area contributed by atoms with Gasteiger partial charge >= 0.3 is 0 Å². The first-order valence-electron chi connectivity index (χ1n) is 7.53. The van der Waals surface area contributed by atoms with Crippen molar-refractivity contribution >= 4 is 18.3 Å². The van der Waals surface area contributed by atoms with Gasteiger partial charge in [0.15, 0.2) is 0 Å². The van der Waals surface area contributed by atoms with E-state index in [2.05, 4.69) is 26.2 Å². The van der Waals surface area contributed by atoms with E-state index in [1.54, 1.807) is 19.1 Å². The molecule has 1 amide bonds. The highest BCUT2D eigenvalue weighted by Gasteiger charge is 2.23. The molecule has 1 atom stereocenters. The second kappa shape index (κ2) is 9.94. The number of nitrogens with zero attached hydrogens (tertiary/aromatic N) is 4. The van der Waals surface area contributed by atoms with E-state index >= 15 is 0 Å². The van der Waals surface area contributed by atoms with E-state index in [1.165, 1.54) is 16.8 Å². The molecule has 2 N–H and O–H groups in total. The number of aromatic nitrogens is 4. The summed E-state index contributed by atoms with van der Waals surface area (Å²) < 4.78 is 14.5. The lowest BCUT2D eigenvalue weighted by atomic mass is 10.1. The zero-order valence-electron chi connectivity index (χ0n) is 13.7. The van der Waals surface area contributed by atoms with Crippen LogP contribution < -0.4 is 10.6 Å². The molecule has 1 unspecified atom stereocenters. The number of carbonyl (C=O) groups excluding carboxylic acids is 1. The van der Waals surface area contributed by atoms with Crippen molar-refractivity contribution in [1.29, 1.82) is 0 Å². The van der Waals surface area contributed by atoms with Gasteiger partial charge in [-0.05, 0) is 55.1 Å². The van der Waals surface area contributed by atoms with Crippen molar-refractivity contribution in [2.45, 2.75) is 25.8 Å². The van der Waals surface area contributed by atoms with E-state index in [0.717, 1.165) is 18.5 Å². The standard InChI is InChI=1S/C15H21FN6O.ClH/c1-11-19-20-21-22(11)14(15(23)18-9-3-8-17-2)10-12-4-6-13(16)7-5-12;/h4-7,14,17H,3,8-10H2,1-2H3,(H,18,23);1H. The number of rotatable bonds is 8. The lowest BCUT2D eigenvalue weighted by Gasteiger charge is -2.17. The van der Waals surface area contributed by atoms with E-state index in [1.807, 2.05) is 7.05 Å². The van der Waals surface area contributed by atoms with Crippen molar-refractivity contribution < 1.29 is 9.18 Å². The van der Waals surface area contributed by atoms with Gasteiger partial charge in [0.1, 0.15) is 17.7 Å². The molecule has 0 aliphatic heterocycles. The van der Waals surface area contributed by atoms with Crippen LogP contribution in [-0.4, -0.2) is 46.3 Å². The summed E-state index contributed by atoms with van der Waals surface area (Å²) in [6.45, 7) is 3.14. The first-order valence-corrected chi connectivity index (χ1v) is 7.53. The molecule has 7 nitrogen and oxygen atoms in total. The molecule has 0 spiro atoms. The van der Waals surface area contributed by atoms with Gasteiger partial charge in [-0.3, -0.25) is 4.79 Å². The Morgan fingerprint density at radius 3 is 2.58 bits per heavy atom. The molecule has 1 aromatic heterocycles. The second-order valence-electron chi connectivity index (χ2n) is 5.27. The van der Waals surface area contributed by atoms with Crippen molar-refractivity contribution in [2.75, 3.05) is 20.1 Å². The number of tetrazole rings is 1. The number of benzene rings is 1. The lowest BCUT2D eigenvalue weighted by molar-refractivity contribution is -0.124. The van der Waals surface area contributed by atoms with Crippen LogP contribution in [0.1, 0.15) is 23.9 Å². The molecule has 132 valence electrons. The molecule has 0 saturated heterocycles. The molecule has 1 heterocycles. The molecule has 0 aliphatic carbocycles. The average molecular weight is 357 g/mol. The van der Waals surface area contributed by atoms with E-state index in [4.69, 9.17) is 0 Å². The van der Waals surface area contributed by atoms with E-state index < -0.39 is 6.04 Å². The minimum atomic E-state index is -0.565. The van der Waals surface area contributed by atoms with E-state index in [9.17, 15) is 9.18 Å². The molecule has 24 heavy (non-hydrogen) atoms. The second-order valence-corrected chi connectivity index (χ2v) is 5.27. The highest BCUT2D eigenvalue weighted by molar-refractivity contribution is 5.85. The Morgan fingerprint density at radius 1 is 1.29 bits per heavy atom. The fraction of sp³-hybridized carbons (Fsp3) is 0.467. The summed E-state index contributed by atoms with van der Waals surface area (Å²) in [5.74, 6) is 0.101. The maximum Gasteiger partial charge on any atom is 0.245 e. The van der Waals surface area contributed by atoms with Gasteiger partial charge in [0.05, 0.1) is 0 Å². The summed E-state index contributed by atoms with van der Waals surface area (Å²) in [6.07, 6.45) is 1.23. The fourth-order valence-corrected chi connectivity index (χ4v) is 2.25. The zero-order chi connectivity index (χ0) is 16.7. The molecular formula is C15H22ClFN6O. The molecule has 2 rings (SSSR count). The van der Waals surface area contributed by atoms with Crippen LogP contribution in [0.3, 0.4) is 0 Å². The van der Waals surface area contributed by atoms with Gasteiger partial charge in [-0.25, -0.2) is 9.07 Å². The molecule has 0 bridgehead atoms. The van der Waals surface area contributed by atoms with Gasteiger partial charge in [0.25, 0.3) is 0 Å². The van der Waals surface area contributed by atoms with Crippen LogP contribution in [0.5, 0.6) is 0 Å². The number of amides is 1. The Labute approximate surface area is 146 Å². The monoisotopic (exact) mass is 356 g/mol. The van der Waals surface area contributed by atoms with Crippen LogP contribution >= 0.6 is 12.4 Å². The van der Waals surface area contributed by atoms with Gasteiger partial charge < -0.3 is 10.6 Å². The average Bonchev–Trinajstić information content (AvgIpc) is 2.96. The summed E-state index contributed by atoms with van der Waals surface area (Å²) in [5, 5.41) is 17.3. The number of carbonyl (C=O) groups is 1. The molecule has 0 aliphatic rings. The first kappa shape index (κ1) is 20.0. The maximum absolute atomic E-state index is 13.0. The number of hydrogen-bond donors (Lipinski definition) is 2. The highest BCUT2D eigenvalue weighted by Crippen LogP contribution is 2.15. The Balaban J connectivity index is 0.00000288. The number of aryl methyl sites for hydroxylation is 1. The predicted octanol–water partition coefficient (Wildman–Crippen LogP) is 1.05. The van der Waals surface area contributed by atoms with Crippen molar-refractivity contribution in [3.05, 3.63) is 41.5 Å². The maximum atomic E-state index is 13.0. The predicted molar refractivity (Wildman–Crippen MR) is 90.5 cm³/mol. The molecule has 2 aromatic rings. The number of nitrogens with one attached hydrogen (secondary N) is 2. The third-order valence-electron chi connectivity index (χ3n) is 3.50. The van der Waals surface area contributed by atoms with Crippen molar-refractivity contribution in [3.63, 3.8) is 0 Å². The van der Waals surface area contributed by atoms with Crippen molar-refractivity contribution in [1.82, 2.24) is 30.8 Å². The summed E-state index contributed by atoms with van der Waals surface area (Å²) in [4.78, 5) is 12.5. The minimum Gasteiger partial charge on any atom is -0.354 e. The minimum absolute atomic E-state index is 0. The van der Waals surface area contributed by atoms with Crippen LogP contribution in [0.15, 0.2) is 24.3 Å². The Kier molecular flexibility index (Phi) is 8.28. The summed E-state index contributed by atoms with van der Waals surface area (Å²) in [7, 11) is 1.86. The SMILES string of the molecule is CNCCCNC(=O)C(Cc1ccc(F)cc1)n1nnnc1C.Cl. The molecule has 9 heteroatoms. The van der Waals surface area contributed by atoms with Crippen LogP contribution in [0.2, 0.25) is 0 Å². The molecule has 0 fully saturated rings. The highest BCUT2D eigenvalue weighted by atomic mass is 35.5. The topological polar surface area (TPSA) is 84.7 Å².